The highest BCUT2D eigenvalue weighted by Gasteiger charge is 2.11. The SMILES string of the molecule is CCCOc1ccccc1-c1nc[nH]c(=O)c1C. The molecule has 0 bridgehead atoms. The van der Waals surface area contributed by atoms with Gasteiger partial charge in [-0.05, 0) is 25.5 Å². The molecular formula is C14H16N2O2. The summed E-state index contributed by atoms with van der Waals surface area (Å²) in [5.74, 6) is 0.764. The van der Waals surface area contributed by atoms with E-state index in [4.69, 9.17) is 4.74 Å². The molecule has 0 aliphatic heterocycles. The summed E-state index contributed by atoms with van der Waals surface area (Å²) >= 11 is 0. The van der Waals surface area contributed by atoms with E-state index in [0.717, 1.165) is 17.7 Å². The lowest BCUT2D eigenvalue weighted by Crippen LogP contribution is -2.11. The highest BCUT2D eigenvalue weighted by Crippen LogP contribution is 2.29. The maximum absolute atomic E-state index is 11.6. The van der Waals surface area contributed by atoms with Gasteiger partial charge in [0.05, 0.1) is 18.6 Å². The lowest BCUT2D eigenvalue weighted by Gasteiger charge is -2.11. The van der Waals surface area contributed by atoms with E-state index in [0.29, 0.717) is 17.9 Å². The quantitative estimate of drug-likeness (QED) is 0.899. The maximum Gasteiger partial charge on any atom is 0.254 e. The minimum atomic E-state index is -0.120. The molecular weight excluding hydrogens is 228 g/mol. The van der Waals surface area contributed by atoms with Crippen molar-refractivity contribution in [2.24, 2.45) is 0 Å². The van der Waals surface area contributed by atoms with E-state index in [2.05, 4.69) is 16.9 Å². The zero-order valence-electron chi connectivity index (χ0n) is 10.6. The molecule has 1 heterocycles. The van der Waals surface area contributed by atoms with Crippen molar-refractivity contribution in [1.82, 2.24) is 9.97 Å². The summed E-state index contributed by atoms with van der Waals surface area (Å²) in [6.45, 7) is 4.47. The molecule has 1 N–H and O–H groups in total. The van der Waals surface area contributed by atoms with E-state index in [1.54, 1.807) is 6.92 Å². The zero-order chi connectivity index (χ0) is 13.0. The highest BCUT2D eigenvalue weighted by molar-refractivity contribution is 5.69. The van der Waals surface area contributed by atoms with Crippen LogP contribution in [0.5, 0.6) is 5.75 Å². The molecule has 2 rings (SSSR count). The molecule has 0 saturated carbocycles. The molecule has 4 nitrogen and oxygen atoms in total. The fraction of sp³-hybridized carbons (Fsp3) is 0.286. The summed E-state index contributed by atoms with van der Waals surface area (Å²) in [6.07, 6.45) is 2.36. The zero-order valence-corrected chi connectivity index (χ0v) is 10.6. The van der Waals surface area contributed by atoms with Crippen molar-refractivity contribution in [2.45, 2.75) is 20.3 Å². The van der Waals surface area contributed by atoms with Crippen molar-refractivity contribution in [2.75, 3.05) is 6.61 Å². The topological polar surface area (TPSA) is 55.0 Å². The third-order valence-electron chi connectivity index (χ3n) is 2.69. The van der Waals surface area contributed by atoms with Crippen LogP contribution in [0.4, 0.5) is 0 Å². The summed E-state index contributed by atoms with van der Waals surface area (Å²) < 4.78 is 5.68. The molecule has 18 heavy (non-hydrogen) atoms. The molecule has 0 unspecified atom stereocenters. The Kier molecular flexibility index (Phi) is 3.77. The van der Waals surface area contributed by atoms with Gasteiger partial charge in [-0.15, -0.1) is 0 Å². The van der Waals surface area contributed by atoms with Gasteiger partial charge in [-0.2, -0.15) is 0 Å². The molecule has 0 atom stereocenters. The van der Waals surface area contributed by atoms with Gasteiger partial charge in [-0.1, -0.05) is 19.1 Å². The van der Waals surface area contributed by atoms with Crippen molar-refractivity contribution in [1.29, 1.82) is 0 Å². The number of aromatic nitrogens is 2. The summed E-state index contributed by atoms with van der Waals surface area (Å²) in [6, 6.07) is 7.64. The molecule has 0 amide bonds. The lowest BCUT2D eigenvalue weighted by molar-refractivity contribution is 0.318. The van der Waals surface area contributed by atoms with Gasteiger partial charge in [-0.3, -0.25) is 4.79 Å². The predicted octanol–water partition coefficient (Wildman–Crippen LogP) is 2.53. The molecule has 0 spiro atoms. The Hall–Kier alpha value is -2.10. The summed E-state index contributed by atoms with van der Waals surface area (Å²) in [5.41, 5.74) is 2.01. The fourth-order valence-electron chi connectivity index (χ4n) is 1.74. The van der Waals surface area contributed by atoms with Crippen molar-refractivity contribution in [3.05, 3.63) is 46.5 Å². The molecule has 0 aliphatic carbocycles. The Balaban J connectivity index is 2.50. The largest absolute Gasteiger partial charge is 0.493 e. The van der Waals surface area contributed by atoms with Crippen molar-refractivity contribution in [3.63, 3.8) is 0 Å². The second-order valence-corrected chi connectivity index (χ2v) is 4.05. The van der Waals surface area contributed by atoms with Crippen LogP contribution in [-0.2, 0) is 0 Å². The molecule has 0 fully saturated rings. The molecule has 0 radical (unpaired) electrons. The molecule has 2 aromatic rings. The Morgan fingerprint density at radius 2 is 2.11 bits per heavy atom. The predicted molar refractivity (Wildman–Crippen MR) is 70.8 cm³/mol. The van der Waals surface area contributed by atoms with Crippen molar-refractivity contribution < 1.29 is 4.74 Å². The van der Waals surface area contributed by atoms with Gasteiger partial charge >= 0.3 is 0 Å². The van der Waals surface area contributed by atoms with E-state index in [9.17, 15) is 4.79 Å². The number of rotatable bonds is 4. The lowest BCUT2D eigenvalue weighted by atomic mass is 10.1. The summed E-state index contributed by atoms with van der Waals surface area (Å²) in [5, 5.41) is 0. The first-order valence-electron chi connectivity index (χ1n) is 6.00. The first kappa shape index (κ1) is 12.4. The molecule has 94 valence electrons. The van der Waals surface area contributed by atoms with Crippen LogP contribution in [0.15, 0.2) is 35.4 Å². The van der Waals surface area contributed by atoms with E-state index in [-0.39, 0.29) is 5.56 Å². The molecule has 4 heteroatoms. The number of hydrogen-bond donors (Lipinski definition) is 1. The van der Waals surface area contributed by atoms with E-state index < -0.39 is 0 Å². The van der Waals surface area contributed by atoms with Crippen LogP contribution >= 0.6 is 0 Å². The second kappa shape index (κ2) is 5.49. The van der Waals surface area contributed by atoms with Gasteiger partial charge in [0.1, 0.15) is 5.75 Å². The van der Waals surface area contributed by atoms with Gasteiger partial charge < -0.3 is 9.72 Å². The number of nitrogens with zero attached hydrogens (tertiary/aromatic N) is 1. The summed E-state index contributed by atoms with van der Waals surface area (Å²) in [7, 11) is 0. The Bertz CT molecular complexity index is 590. The van der Waals surface area contributed by atoms with Crippen LogP contribution in [0.1, 0.15) is 18.9 Å². The number of nitrogens with one attached hydrogen (secondary N) is 1. The van der Waals surface area contributed by atoms with Gasteiger partial charge in [0, 0.05) is 11.1 Å². The fourth-order valence-corrected chi connectivity index (χ4v) is 1.74. The third kappa shape index (κ3) is 2.42. The van der Waals surface area contributed by atoms with Gasteiger partial charge in [-0.25, -0.2) is 4.98 Å². The van der Waals surface area contributed by atoms with Crippen LogP contribution in [0.3, 0.4) is 0 Å². The van der Waals surface area contributed by atoms with E-state index >= 15 is 0 Å². The number of H-pyrrole nitrogens is 1. The summed E-state index contributed by atoms with van der Waals surface area (Å²) in [4.78, 5) is 18.4. The number of hydrogen-bond acceptors (Lipinski definition) is 3. The molecule has 0 aliphatic rings. The van der Waals surface area contributed by atoms with Crippen molar-refractivity contribution in [3.8, 4) is 17.0 Å². The molecule has 1 aromatic carbocycles. The van der Waals surface area contributed by atoms with Crippen LogP contribution in [-0.4, -0.2) is 16.6 Å². The standard InChI is InChI=1S/C14H16N2O2/c1-3-8-18-12-7-5-4-6-11(12)13-10(2)14(17)16-9-15-13/h4-7,9H,3,8H2,1-2H3,(H,15,16,17). The average molecular weight is 244 g/mol. The third-order valence-corrected chi connectivity index (χ3v) is 2.69. The number of benzene rings is 1. The van der Waals surface area contributed by atoms with Crippen LogP contribution in [0.2, 0.25) is 0 Å². The van der Waals surface area contributed by atoms with Gasteiger partial charge in [0.2, 0.25) is 0 Å². The van der Waals surface area contributed by atoms with Crippen LogP contribution in [0, 0.1) is 6.92 Å². The van der Waals surface area contributed by atoms with Crippen LogP contribution in [0.25, 0.3) is 11.3 Å². The van der Waals surface area contributed by atoms with Gasteiger partial charge in [0.25, 0.3) is 5.56 Å². The Morgan fingerprint density at radius 1 is 1.33 bits per heavy atom. The van der Waals surface area contributed by atoms with Crippen LogP contribution < -0.4 is 10.3 Å². The van der Waals surface area contributed by atoms with Gasteiger partial charge in [0.15, 0.2) is 0 Å². The average Bonchev–Trinajstić information content (AvgIpc) is 2.40. The number of aromatic amines is 1. The maximum atomic E-state index is 11.6. The minimum absolute atomic E-state index is 0.120. The normalized spacial score (nSPS) is 10.3. The van der Waals surface area contributed by atoms with E-state index in [1.165, 1.54) is 6.33 Å². The monoisotopic (exact) mass is 244 g/mol. The Labute approximate surface area is 106 Å². The van der Waals surface area contributed by atoms with Crippen molar-refractivity contribution >= 4 is 0 Å². The number of para-hydroxylation sites is 1. The first-order chi connectivity index (χ1) is 8.74. The molecule has 1 aromatic heterocycles. The second-order valence-electron chi connectivity index (χ2n) is 4.05. The van der Waals surface area contributed by atoms with E-state index in [1.807, 2.05) is 24.3 Å². The first-order valence-corrected chi connectivity index (χ1v) is 6.00. The number of ether oxygens (including phenoxy) is 1. The minimum Gasteiger partial charge on any atom is -0.493 e. The Morgan fingerprint density at radius 3 is 2.89 bits per heavy atom. The molecule has 0 saturated heterocycles. The smallest absolute Gasteiger partial charge is 0.254 e. The highest BCUT2D eigenvalue weighted by atomic mass is 16.5.